The molecule has 2 aromatic rings. The fraction of sp³-hybridized carbons (Fsp3) is 0.579. The van der Waals surface area contributed by atoms with Gasteiger partial charge in [0.1, 0.15) is 37.1 Å². The van der Waals surface area contributed by atoms with Crippen LogP contribution in [0.25, 0.3) is 0 Å². The predicted octanol–water partition coefficient (Wildman–Crippen LogP) is 0.965. The molecule has 4 N–H and O–H groups in total. The van der Waals surface area contributed by atoms with E-state index in [0.717, 1.165) is 5.56 Å². The highest BCUT2D eigenvalue weighted by atomic mass is 35.5. The summed E-state index contributed by atoms with van der Waals surface area (Å²) in [5, 5.41) is 44.2. The highest BCUT2D eigenvalue weighted by Gasteiger charge is 2.43. The first-order chi connectivity index (χ1) is 14.4. The number of ether oxygens (including phenoxy) is 2. The van der Waals surface area contributed by atoms with Crippen molar-refractivity contribution in [2.45, 2.75) is 56.0 Å². The van der Waals surface area contributed by atoms with Gasteiger partial charge in [-0.1, -0.05) is 29.3 Å². The smallest absolute Gasteiger partial charge is 0.186 e. The molecule has 0 amide bonds. The molecule has 0 saturated carbocycles. The number of nitrogens with zero attached hydrogens (tertiary/aromatic N) is 3. The second kappa shape index (κ2) is 10.8. The Morgan fingerprint density at radius 2 is 1.97 bits per heavy atom. The molecule has 11 heteroatoms. The largest absolute Gasteiger partial charge is 0.394 e. The van der Waals surface area contributed by atoms with Crippen molar-refractivity contribution in [3.05, 3.63) is 46.5 Å². The molecule has 3 rings (SSSR count). The second-order valence-electron chi connectivity index (χ2n) is 7.19. The van der Waals surface area contributed by atoms with E-state index in [-0.39, 0.29) is 12.5 Å². The highest BCUT2D eigenvalue weighted by molar-refractivity contribution is 6.35. The van der Waals surface area contributed by atoms with Gasteiger partial charge < -0.3 is 29.9 Å². The first kappa shape index (κ1) is 23.4. The maximum absolute atomic E-state index is 10.1. The van der Waals surface area contributed by atoms with Crippen LogP contribution in [0, 0.1) is 0 Å². The maximum atomic E-state index is 10.1. The average molecular weight is 462 g/mol. The molecule has 1 fully saturated rings. The Morgan fingerprint density at radius 3 is 2.63 bits per heavy atom. The molecule has 6 atom stereocenters. The van der Waals surface area contributed by atoms with Crippen LogP contribution in [0.4, 0.5) is 0 Å². The molecule has 0 bridgehead atoms. The third-order valence-electron chi connectivity index (χ3n) is 5.10. The van der Waals surface area contributed by atoms with Gasteiger partial charge in [0.15, 0.2) is 6.29 Å². The SMILES string of the molecule is OC[C@H]1O[C@@H](OCCCC(Cn2cncn2)c2ccc(Cl)cc2Cl)[C@H](O)[C@@H](O)[C@@H]1O. The zero-order chi connectivity index (χ0) is 21.7. The van der Waals surface area contributed by atoms with Crippen LogP contribution in [-0.2, 0) is 16.0 Å². The molecule has 9 nitrogen and oxygen atoms in total. The monoisotopic (exact) mass is 461 g/mol. The van der Waals surface area contributed by atoms with E-state index in [4.69, 9.17) is 32.7 Å². The van der Waals surface area contributed by atoms with Crippen LogP contribution in [0.3, 0.4) is 0 Å². The standard InChI is InChI=1S/C19H25Cl2N3O6/c20-12-3-4-13(14(21)6-12)11(7-24-10-22-9-23-24)2-1-5-29-19-18(28)17(27)16(26)15(8-25)30-19/h3-4,6,9-11,15-19,25-28H,1-2,5,7-8H2/t11?,15-,16-,17+,18-,19-/m1/s1. The molecule has 166 valence electrons. The van der Waals surface area contributed by atoms with Gasteiger partial charge in [0, 0.05) is 29.1 Å². The normalized spacial score (nSPS) is 27.9. The van der Waals surface area contributed by atoms with E-state index in [0.29, 0.717) is 29.4 Å². The van der Waals surface area contributed by atoms with Crippen LogP contribution in [-0.4, -0.2) is 79.1 Å². The van der Waals surface area contributed by atoms with Crippen molar-refractivity contribution >= 4 is 23.2 Å². The number of halogens is 2. The molecule has 1 aromatic carbocycles. The zero-order valence-electron chi connectivity index (χ0n) is 16.1. The van der Waals surface area contributed by atoms with Crippen LogP contribution in [0.15, 0.2) is 30.9 Å². The summed E-state index contributed by atoms with van der Waals surface area (Å²) in [6, 6.07) is 5.35. The summed E-state index contributed by atoms with van der Waals surface area (Å²) >= 11 is 12.4. The lowest BCUT2D eigenvalue weighted by atomic mass is 9.94. The van der Waals surface area contributed by atoms with E-state index in [9.17, 15) is 20.4 Å². The van der Waals surface area contributed by atoms with E-state index in [1.807, 2.05) is 6.07 Å². The minimum atomic E-state index is -1.46. The third kappa shape index (κ3) is 5.68. The Labute approximate surface area is 183 Å². The Kier molecular flexibility index (Phi) is 8.44. The molecule has 0 aliphatic carbocycles. The number of benzene rings is 1. The molecule has 1 aliphatic rings. The molecule has 0 radical (unpaired) electrons. The van der Waals surface area contributed by atoms with Gasteiger partial charge in [-0.25, -0.2) is 4.98 Å². The van der Waals surface area contributed by atoms with Crippen LogP contribution in [0.1, 0.15) is 24.3 Å². The molecule has 30 heavy (non-hydrogen) atoms. The summed E-state index contributed by atoms with van der Waals surface area (Å²) in [4.78, 5) is 3.96. The number of hydrogen-bond donors (Lipinski definition) is 4. The first-order valence-corrected chi connectivity index (χ1v) is 10.4. The quantitative estimate of drug-likeness (QED) is 0.406. The van der Waals surface area contributed by atoms with Crippen molar-refractivity contribution in [2.75, 3.05) is 13.2 Å². The Hall–Kier alpha value is -1.30. The topological polar surface area (TPSA) is 130 Å². The molecule has 1 aromatic heterocycles. The van der Waals surface area contributed by atoms with Gasteiger partial charge in [0.25, 0.3) is 0 Å². The number of hydrogen-bond acceptors (Lipinski definition) is 8. The van der Waals surface area contributed by atoms with Gasteiger partial charge in [0.05, 0.1) is 6.61 Å². The minimum absolute atomic E-state index is 0.00914. The Bertz CT molecular complexity index is 795. The molecule has 2 heterocycles. The molecular formula is C19H25Cl2N3O6. The fourth-order valence-electron chi connectivity index (χ4n) is 3.46. The maximum Gasteiger partial charge on any atom is 0.186 e. The molecule has 1 unspecified atom stereocenters. The number of aliphatic hydroxyl groups is 4. The second-order valence-corrected chi connectivity index (χ2v) is 8.03. The van der Waals surface area contributed by atoms with Gasteiger partial charge in [-0.3, -0.25) is 4.68 Å². The van der Waals surface area contributed by atoms with Crippen LogP contribution < -0.4 is 0 Å². The van der Waals surface area contributed by atoms with Crippen molar-refractivity contribution in [3.63, 3.8) is 0 Å². The number of aliphatic hydroxyl groups excluding tert-OH is 4. The fourth-order valence-corrected chi connectivity index (χ4v) is 4.03. The van der Waals surface area contributed by atoms with E-state index >= 15 is 0 Å². The minimum Gasteiger partial charge on any atom is -0.394 e. The van der Waals surface area contributed by atoms with E-state index < -0.39 is 37.3 Å². The van der Waals surface area contributed by atoms with Crippen LogP contribution >= 0.6 is 23.2 Å². The Balaban J connectivity index is 1.59. The highest BCUT2D eigenvalue weighted by Crippen LogP contribution is 2.32. The van der Waals surface area contributed by atoms with E-state index in [1.165, 1.54) is 6.33 Å². The summed E-state index contributed by atoms with van der Waals surface area (Å²) in [7, 11) is 0. The first-order valence-electron chi connectivity index (χ1n) is 9.60. The van der Waals surface area contributed by atoms with Crippen molar-refractivity contribution in [1.29, 1.82) is 0 Å². The van der Waals surface area contributed by atoms with Crippen LogP contribution in [0.2, 0.25) is 10.0 Å². The number of rotatable bonds is 9. The van der Waals surface area contributed by atoms with Crippen LogP contribution in [0.5, 0.6) is 0 Å². The molecular weight excluding hydrogens is 437 g/mol. The molecule has 0 spiro atoms. The van der Waals surface area contributed by atoms with Crippen molar-refractivity contribution in [3.8, 4) is 0 Å². The summed E-state index contributed by atoms with van der Waals surface area (Å²) in [6.45, 7) is 0.281. The van der Waals surface area contributed by atoms with Gasteiger partial charge >= 0.3 is 0 Å². The third-order valence-corrected chi connectivity index (χ3v) is 5.67. The summed E-state index contributed by atoms with van der Waals surface area (Å²) in [5.74, 6) is 0.00914. The number of aromatic nitrogens is 3. The summed E-state index contributed by atoms with van der Waals surface area (Å²) in [5.41, 5.74) is 0.921. The Morgan fingerprint density at radius 1 is 1.17 bits per heavy atom. The van der Waals surface area contributed by atoms with E-state index in [1.54, 1.807) is 23.1 Å². The lowest BCUT2D eigenvalue weighted by Crippen LogP contribution is -2.59. The van der Waals surface area contributed by atoms with Gasteiger partial charge in [-0.15, -0.1) is 0 Å². The lowest BCUT2D eigenvalue weighted by Gasteiger charge is -2.39. The van der Waals surface area contributed by atoms with Crippen molar-refractivity contribution in [2.24, 2.45) is 0 Å². The molecule has 1 saturated heterocycles. The average Bonchev–Trinajstić information content (AvgIpc) is 3.23. The van der Waals surface area contributed by atoms with E-state index in [2.05, 4.69) is 10.1 Å². The van der Waals surface area contributed by atoms with Crippen molar-refractivity contribution < 1.29 is 29.9 Å². The van der Waals surface area contributed by atoms with Gasteiger partial charge in [-0.2, -0.15) is 5.10 Å². The zero-order valence-corrected chi connectivity index (χ0v) is 17.6. The van der Waals surface area contributed by atoms with Gasteiger partial charge in [0.2, 0.25) is 0 Å². The summed E-state index contributed by atoms with van der Waals surface area (Å²) in [6.07, 6.45) is -2.08. The lowest BCUT2D eigenvalue weighted by molar-refractivity contribution is -0.301. The van der Waals surface area contributed by atoms with Gasteiger partial charge in [-0.05, 0) is 30.5 Å². The summed E-state index contributed by atoms with van der Waals surface area (Å²) < 4.78 is 12.6. The predicted molar refractivity (Wildman–Crippen MR) is 108 cm³/mol. The molecule has 1 aliphatic heterocycles. The van der Waals surface area contributed by atoms with Crippen molar-refractivity contribution in [1.82, 2.24) is 14.8 Å².